The summed E-state index contributed by atoms with van der Waals surface area (Å²) < 4.78 is 0. The lowest BCUT2D eigenvalue weighted by atomic mass is 9.82. The number of fused-ring (bicyclic) bond motifs is 3. The molecule has 9 aromatic carbocycles. The molecule has 10 rings (SSSR count). The molecule has 1 aliphatic carbocycles. The Kier molecular flexibility index (Phi) is 9.24. The Balaban J connectivity index is 0.970. The summed E-state index contributed by atoms with van der Waals surface area (Å²) in [6.45, 7) is 4.69. The molecule has 0 amide bonds. The van der Waals surface area contributed by atoms with Gasteiger partial charge in [0.1, 0.15) is 0 Å². The summed E-state index contributed by atoms with van der Waals surface area (Å²) in [5.74, 6) is 0. The van der Waals surface area contributed by atoms with Crippen LogP contribution in [0.5, 0.6) is 0 Å². The lowest BCUT2D eigenvalue weighted by molar-refractivity contribution is 0.660. The van der Waals surface area contributed by atoms with Crippen molar-refractivity contribution in [1.82, 2.24) is 0 Å². The SMILES string of the molecule is CC1(C)c2ccccc2-c2ccc(N(c3ccccc3)c3ccc(-c4ccc(N(c5ccc(-c6ccccc6)cc5)c5ccc(-c6ccccc6)cc5)cc4)cc3)cc21. The third kappa shape index (κ3) is 6.79. The molecule has 0 atom stereocenters. The molecule has 0 aliphatic heterocycles. The molecular formula is C57H44N2. The zero-order valence-electron chi connectivity index (χ0n) is 33.3. The summed E-state index contributed by atoms with van der Waals surface area (Å²) in [4.78, 5) is 4.71. The Labute approximate surface area is 347 Å². The van der Waals surface area contributed by atoms with E-state index < -0.39 is 0 Å². The van der Waals surface area contributed by atoms with Crippen LogP contribution in [0.3, 0.4) is 0 Å². The van der Waals surface area contributed by atoms with E-state index in [0.717, 1.165) is 34.1 Å². The molecule has 0 bridgehead atoms. The van der Waals surface area contributed by atoms with Gasteiger partial charge in [-0.05, 0) is 128 Å². The normalized spacial score (nSPS) is 12.4. The number of benzene rings is 9. The van der Waals surface area contributed by atoms with Crippen molar-refractivity contribution < 1.29 is 0 Å². The van der Waals surface area contributed by atoms with E-state index in [9.17, 15) is 0 Å². The lowest BCUT2D eigenvalue weighted by Gasteiger charge is -2.28. The molecule has 0 radical (unpaired) electrons. The Bertz CT molecular complexity index is 2760. The zero-order valence-corrected chi connectivity index (χ0v) is 33.3. The molecule has 2 nitrogen and oxygen atoms in total. The van der Waals surface area contributed by atoms with Crippen molar-refractivity contribution in [2.75, 3.05) is 9.80 Å². The van der Waals surface area contributed by atoms with Crippen LogP contribution in [0.2, 0.25) is 0 Å². The van der Waals surface area contributed by atoms with Crippen LogP contribution in [0, 0.1) is 0 Å². The molecular weight excluding hydrogens is 713 g/mol. The van der Waals surface area contributed by atoms with E-state index in [1.807, 2.05) is 0 Å². The van der Waals surface area contributed by atoms with Crippen molar-refractivity contribution in [3.63, 3.8) is 0 Å². The molecule has 2 heteroatoms. The average molecular weight is 757 g/mol. The minimum Gasteiger partial charge on any atom is -0.311 e. The van der Waals surface area contributed by atoms with Crippen LogP contribution in [-0.4, -0.2) is 0 Å². The molecule has 0 N–H and O–H groups in total. The van der Waals surface area contributed by atoms with E-state index in [2.05, 4.69) is 254 Å². The standard InChI is InChI=1S/C57H44N2/c1-57(2)55-21-13-12-20-53(55)54-39-38-52(40-56(54)57)59(47-18-10-5-11-19-47)51-36-28-46(29-37-51)45-26-34-50(35-27-45)58(48-30-22-43(23-31-48)41-14-6-3-7-15-41)49-32-24-44(25-33-49)42-16-8-4-9-17-42/h3-40H,1-2H3. The molecule has 0 saturated heterocycles. The Morgan fingerprint density at radius 3 is 1.00 bits per heavy atom. The summed E-state index contributed by atoms with van der Waals surface area (Å²) in [6.07, 6.45) is 0. The maximum absolute atomic E-state index is 2.39. The van der Waals surface area contributed by atoms with Crippen molar-refractivity contribution in [1.29, 1.82) is 0 Å². The topological polar surface area (TPSA) is 6.48 Å². The largest absolute Gasteiger partial charge is 0.311 e. The highest BCUT2D eigenvalue weighted by atomic mass is 15.1. The first-order valence-electron chi connectivity index (χ1n) is 20.4. The number of para-hydroxylation sites is 1. The maximum Gasteiger partial charge on any atom is 0.0465 e. The predicted octanol–water partition coefficient (Wildman–Crippen LogP) is 15.9. The molecule has 1 aliphatic rings. The van der Waals surface area contributed by atoms with Gasteiger partial charge in [-0.25, -0.2) is 0 Å². The lowest BCUT2D eigenvalue weighted by Crippen LogP contribution is -2.16. The van der Waals surface area contributed by atoms with Crippen molar-refractivity contribution in [3.05, 3.63) is 242 Å². The summed E-state index contributed by atoms with van der Waals surface area (Å²) in [5, 5.41) is 0. The van der Waals surface area contributed by atoms with Gasteiger partial charge in [-0.3, -0.25) is 0 Å². The summed E-state index contributed by atoms with van der Waals surface area (Å²) in [7, 11) is 0. The van der Waals surface area contributed by atoms with Crippen LogP contribution >= 0.6 is 0 Å². The molecule has 0 fully saturated rings. The maximum atomic E-state index is 2.39. The van der Waals surface area contributed by atoms with Crippen molar-refractivity contribution in [2.45, 2.75) is 19.3 Å². The van der Waals surface area contributed by atoms with Gasteiger partial charge < -0.3 is 9.80 Å². The van der Waals surface area contributed by atoms with Gasteiger partial charge in [-0.2, -0.15) is 0 Å². The summed E-state index contributed by atoms with van der Waals surface area (Å²) in [6, 6.07) is 83.3. The van der Waals surface area contributed by atoms with E-state index in [1.54, 1.807) is 0 Å². The molecule has 59 heavy (non-hydrogen) atoms. The van der Waals surface area contributed by atoms with Crippen molar-refractivity contribution in [3.8, 4) is 44.5 Å². The highest BCUT2D eigenvalue weighted by molar-refractivity contribution is 5.86. The second-order valence-corrected chi connectivity index (χ2v) is 15.8. The van der Waals surface area contributed by atoms with E-state index in [0.29, 0.717) is 0 Å². The van der Waals surface area contributed by atoms with Crippen LogP contribution in [-0.2, 0) is 5.41 Å². The van der Waals surface area contributed by atoms with Gasteiger partial charge in [-0.15, -0.1) is 0 Å². The molecule has 0 saturated carbocycles. The third-order valence-electron chi connectivity index (χ3n) is 11.9. The number of rotatable bonds is 9. The van der Waals surface area contributed by atoms with Gasteiger partial charge in [0.25, 0.3) is 0 Å². The minimum atomic E-state index is -0.0763. The highest BCUT2D eigenvalue weighted by Crippen LogP contribution is 2.50. The first kappa shape index (κ1) is 36.0. The molecule has 9 aromatic rings. The molecule has 0 aromatic heterocycles. The van der Waals surface area contributed by atoms with Crippen LogP contribution in [0.15, 0.2) is 231 Å². The van der Waals surface area contributed by atoms with Crippen molar-refractivity contribution >= 4 is 34.1 Å². The minimum absolute atomic E-state index is 0.0763. The Hall–Kier alpha value is -7.42. The number of anilines is 6. The monoisotopic (exact) mass is 756 g/mol. The fraction of sp³-hybridized carbons (Fsp3) is 0.0526. The van der Waals surface area contributed by atoms with E-state index in [1.165, 1.54) is 55.6 Å². The number of hydrogen-bond acceptors (Lipinski definition) is 2. The Morgan fingerprint density at radius 2 is 0.559 bits per heavy atom. The Morgan fingerprint density at radius 1 is 0.254 bits per heavy atom. The zero-order chi connectivity index (χ0) is 39.8. The van der Waals surface area contributed by atoms with Gasteiger partial charge in [0.15, 0.2) is 0 Å². The summed E-state index contributed by atoms with van der Waals surface area (Å²) in [5.41, 5.74) is 19.2. The molecule has 0 unspecified atom stereocenters. The predicted molar refractivity (Wildman–Crippen MR) is 250 cm³/mol. The highest BCUT2D eigenvalue weighted by Gasteiger charge is 2.35. The van der Waals surface area contributed by atoms with Crippen LogP contribution < -0.4 is 9.80 Å². The van der Waals surface area contributed by atoms with Gasteiger partial charge >= 0.3 is 0 Å². The van der Waals surface area contributed by atoms with Crippen LogP contribution in [0.4, 0.5) is 34.1 Å². The summed E-state index contributed by atoms with van der Waals surface area (Å²) >= 11 is 0. The molecule has 282 valence electrons. The van der Waals surface area contributed by atoms with Crippen molar-refractivity contribution in [2.24, 2.45) is 0 Å². The fourth-order valence-electron chi connectivity index (χ4n) is 8.78. The van der Waals surface area contributed by atoms with Gasteiger partial charge in [-0.1, -0.05) is 172 Å². The molecule has 0 spiro atoms. The fourth-order valence-corrected chi connectivity index (χ4v) is 8.78. The molecule has 0 heterocycles. The van der Waals surface area contributed by atoms with Crippen LogP contribution in [0.25, 0.3) is 44.5 Å². The number of hydrogen-bond donors (Lipinski definition) is 0. The first-order valence-corrected chi connectivity index (χ1v) is 20.4. The first-order chi connectivity index (χ1) is 29.0. The van der Waals surface area contributed by atoms with Gasteiger partial charge in [0, 0.05) is 39.5 Å². The number of nitrogens with zero attached hydrogens (tertiary/aromatic N) is 2. The smallest absolute Gasteiger partial charge is 0.0465 e. The third-order valence-corrected chi connectivity index (χ3v) is 11.9. The van der Waals surface area contributed by atoms with E-state index in [4.69, 9.17) is 0 Å². The second kappa shape index (κ2) is 15.2. The van der Waals surface area contributed by atoms with Gasteiger partial charge in [0.05, 0.1) is 0 Å². The second-order valence-electron chi connectivity index (χ2n) is 15.8. The average Bonchev–Trinajstić information content (AvgIpc) is 3.53. The quantitative estimate of drug-likeness (QED) is 0.145. The van der Waals surface area contributed by atoms with Gasteiger partial charge in [0.2, 0.25) is 0 Å². The van der Waals surface area contributed by atoms with E-state index >= 15 is 0 Å². The van der Waals surface area contributed by atoms with Crippen LogP contribution in [0.1, 0.15) is 25.0 Å². The van der Waals surface area contributed by atoms with E-state index in [-0.39, 0.29) is 5.41 Å².